The average Bonchev–Trinajstić information content (AvgIpc) is 2.80. The molecule has 2 N–H and O–H groups in total. The summed E-state index contributed by atoms with van der Waals surface area (Å²) in [5.74, 6) is 0.804. The van der Waals surface area contributed by atoms with E-state index in [4.69, 9.17) is 22.1 Å². The van der Waals surface area contributed by atoms with E-state index in [9.17, 15) is 0 Å². The Hall–Kier alpha value is -1.03. The first-order valence-corrected chi connectivity index (χ1v) is 6.63. The van der Waals surface area contributed by atoms with Crippen LogP contribution in [0, 0.1) is 0 Å². The zero-order chi connectivity index (χ0) is 12.3. The summed E-state index contributed by atoms with van der Waals surface area (Å²) >= 11 is 7.63. The van der Waals surface area contributed by atoms with Gasteiger partial charge in [-0.1, -0.05) is 17.7 Å². The SMILES string of the molecule is C[C@@H](N)c1cc(Cl)ccc1OCc1cccs1. The molecule has 2 rings (SSSR count). The molecule has 1 aromatic heterocycles. The second-order valence-corrected chi connectivity index (χ2v) is 5.31. The summed E-state index contributed by atoms with van der Waals surface area (Å²) in [6, 6.07) is 9.51. The van der Waals surface area contributed by atoms with Crippen LogP contribution in [0.1, 0.15) is 23.4 Å². The molecule has 0 aliphatic heterocycles. The second kappa shape index (κ2) is 5.54. The lowest BCUT2D eigenvalue weighted by atomic mass is 10.1. The van der Waals surface area contributed by atoms with E-state index < -0.39 is 0 Å². The van der Waals surface area contributed by atoms with Crippen molar-refractivity contribution >= 4 is 22.9 Å². The molecule has 0 fully saturated rings. The predicted octanol–water partition coefficient (Wildman–Crippen LogP) is 4.00. The van der Waals surface area contributed by atoms with Crippen LogP contribution in [0.2, 0.25) is 5.02 Å². The zero-order valence-electron chi connectivity index (χ0n) is 9.52. The van der Waals surface area contributed by atoms with E-state index in [0.29, 0.717) is 11.6 Å². The van der Waals surface area contributed by atoms with Crippen LogP contribution in [-0.4, -0.2) is 0 Å². The molecule has 2 aromatic rings. The molecule has 1 atom stereocenters. The number of benzene rings is 1. The van der Waals surface area contributed by atoms with Crippen LogP contribution in [0.5, 0.6) is 5.75 Å². The van der Waals surface area contributed by atoms with Crippen molar-refractivity contribution in [1.82, 2.24) is 0 Å². The molecule has 0 aliphatic rings. The van der Waals surface area contributed by atoms with Crippen molar-refractivity contribution in [2.45, 2.75) is 19.6 Å². The Morgan fingerprint density at radius 2 is 2.24 bits per heavy atom. The Bertz CT molecular complexity index is 482. The first kappa shape index (κ1) is 12.4. The number of halogens is 1. The molecule has 0 radical (unpaired) electrons. The Kier molecular flexibility index (Phi) is 4.05. The standard InChI is InChI=1S/C13H14ClNOS/c1-9(15)12-7-10(14)4-5-13(12)16-8-11-3-2-6-17-11/h2-7,9H,8,15H2,1H3/t9-/m1/s1. The van der Waals surface area contributed by atoms with Gasteiger partial charge in [0.1, 0.15) is 12.4 Å². The molecular formula is C13H14ClNOS. The van der Waals surface area contributed by atoms with Crippen molar-refractivity contribution in [3.8, 4) is 5.75 Å². The van der Waals surface area contributed by atoms with E-state index in [2.05, 4.69) is 0 Å². The third-order valence-corrected chi connectivity index (χ3v) is 3.50. The highest BCUT2D eigenvalue weighted by Gasteiger charge is 2.09. The van der Waals surface area contributed by atoms with Gasteiger partial charge in [-0.2, -0.15) is 0 Å². The monoisotopic (exact) mass is 267 g/mol. The van der Waals surface area contributed by atoms with Crippen molar-refractivity contribution in [3.05, 3.63) is 51.2 Å². The number of hydrogen-bond acceptors (Lipinski definition) is 3. The van der Waals surface area contributed by atoms with E-state index in [1.54, 1.807) is 11.3 Å². The molecule has 0 unspecified atom stereocenters. The second-order valence-electron chi connectivity index (χ2n) is 3.84. The van der Waals surface area contributed by atoms with E-state index in [-0.39, 0.29) is 6.04 Å². The molecule has 0 saturated carbocycles. The Morgan fingerprint density at radius 1 is 1.41 bits per heavy atom. The van der Waals surface area contributed by atoms with Crippen molar-refractivity contribution < 1.29 is 4.74 Å². The smallest absolute Gasteiger partial charge is 0.124 e. The molecule has 90 valence electrons. The molecule has 0 aliphatic carbocycles. The van der Waals surface area contributed by atoms with Gasteiger partial charge in [0.2, 0.25) is 0 Å². The fraction of sp³-hybridized carbons (Fsp3) is 0.231. The highest BCUT2D eigenvalue weighted by molar-refractivity contribution is 7.09. The Labute approximate surface area is 110 Å². The fourth-order valence-electron chi connectivity index (χ4n) is 1.55. The van der Waals surface area contributed by atoms with Crippen LogP contribution < -0.4 is 10.5 Å². The van der Waals surface area contributed by atoms with Crippen molar-refractivity contribution in [1.29, 1.82) is 0 Å². The molecular weight excluding hydrogens is 254 g/mol. The minimum Gasteiger partial charge on any atom is -0.488 e. The molecule has 1 aromatic carbocycles. The van der Waals surface area contributed by atoms with Gasteiger partial charge in [0.15, 0.2) is 0 Å². The Balaban J connectivity index is 2.14. The van der Waals surface area contributed by atoms with E-state index >= 15 is 0 Å². The van der Waals surface area contributed by atoms with Crippen LogP contribution >= 0.6 is 22.9 Å². The highest BCUT2D eigenvalue weighted by atomic mass is 35.5. The molecule has 2 nitrogen and oxygen atoms in total. The van der Waals surface area contributed by atoms with Crippen molar-refractivity contribution in [2.75, 3.05) is 0 Å². The molecule has 17 heavy (non-hydrogen) atoms. The topological polar surface area (TPSA) is 35.2 Å². The van der Waals surface area contributed by atoms with Crippen molar-refractivity contribution in [3.63, 3.8) is 0 Å². The van der Waals surface area contributed by atoms with E-state index in [0.717, 1.165) is 11.3 Å². The van der Waals surface area contributed by atoms with Crippen LogP contribution in [0.25, 0.3) is 0 Å². The Morgan fingerprint density at radius 3 is 2.88 bits per heavy atom. The van der Waals surface area contributed by atoms with Gasteiger partial charge in [0, 0.05) is 21.5 Å². The minimum absolute atomic E-state index is 0.0907. The highest BCUT2D eigenvalue weighted by Crippen LogP contribution is 2.28. The number of ether oxygens (including phenoxy) is 1. The van der Waals surface area contributed by atoms with Crippen LogP contribution in [0.15, 0.2) is 35.7 Å². The maximum absolute atomic E-state index is 5.95. The third-order valence-electron chi connectivity index (χ3n) is 2.41. The number of thiophene rings is 1. The molecule has 0 bridgehead atoms. The van der Waals surface area contributed by atoms with Crippen LogP contribution in [0.4, 0.5) is 0 Å². The molecule has 1 heterocycles. The molecule has 0 amide bonds. The zero-order valence-corrected chi connectivity index (χ0v) is 11.1. The molecule has 4 heteroatoms. The first-order valence-electron chi connectivity index (χ1n) is 5.37. The summed E-state index contributed by atoms with van der Waals surface area (Å²) in [5, 5.41) is 2.72. The quantitative estimate of drug-likeness (QED) is 0.909. The number of nitrogens with two attached hydrogens (primary N) is 1. The van der Waals surface area contributed by atoms with Gasteiger partial charge < -0.3 is 10.5 Å². The average molecular weight is 268 g/mol. The van der Waals surface area contributed by atoms with Crippen LogP contribution in [-0.2, 0) is 6.61 Å². The lowest BCUT2D eigenvalue weighted by Crippen LogP contribution is -2.07. The summed E-state index contributed by atoms with van der Waals surface area (Å²) in [4.78, 5) is 1.19. The number of rotatable bonds is 4. The minimum atomic E-state index is -0.0907. The van der Waals surface area contributed by atoms with Gasteiger partial charge in [-0.3, -0.25) is 0 Å². The van der Waals surface area contributed by atoms with E-state index in [1.807, 2.05) is 42.6 Å². The first-order chi connectivity index (χ1) is 8.16. The van der Waals surface area contributed by atoms with Gasteiger partial charge in [-0.15, -0.1) is 11.3 Å². The largest absolute Gasteiger partial charge is 0.488 e. The summed E-state index contributed by atoms with van der Waals surface area (Å²) < 4.78 is 5.77. The maximum atomic E-state index is 5.95. The normalized spacial score (nSPS) is 12.4. The van der Waals surface area contributed by atoms with Crippen LogP contribution in [0.3, 0.4) is 0 Å². The summed E-state index contributed by atoms with van der Waals surface area (Å²) in [5.41, 5.74) is 6.84. The van der Waals surface area contributed by atoms with Crippen molar-refractivity contribution in [2.24, 2.45) is 5.73 Å². The summed E-state index contributed by atoms with van der Waals surface area (Å²) in [6.45, 7) is 2.49. The fourth-order valence-corrected chi connectivity index (χ4v) is 2.35. The van der Waals surface area contributed by atoms with Gasteiger partial charge in [0.05, 0.1) is 0 Å². The summed E-state index contributed by atoms with van der Waals surface area (Å²) in [6.07, 6.45) is 0. The number of hydrogen-bond donors (Lipinski definition) is 1. The maximum Gasteiger partial charge on any atom is 0.124 e. The lowest BCUT2D eigenvalue weighted by Gasteiger charge is -2.13. The lowest BCUT2D eigenvalue weighted by molar-refractivity contribution is 0.305. The van der Waals surface area contributed by atoms with Gasteiger partial charge >= 0.3 is 0 Å². The van der Waals surface area contributed by atoms with Gasteiger partial charge in [0.25, 0.3) is 0 Å². The van der Waals surface area contributed by atoms with Gasteiger partial charge in [-0.05, 0) is 36.6 Å². The summed E-state index contributed by atoms with van der Waals surface area (Å²) in [7, 11) is 0. The third kappa shape index (κ3) is 3.22. The predicted molar refractivity (Wildman–Crippen MR) is 72.7 cm³/mol. The van der Waals surface area contributed by atoms with Gasteiger partial charge in [-0.25, -0.2) is 0 Å². The molecule has 0 spiro atoms. The molecule has 0 saturated heterocycles. The van der Waals surface area contributed by atoms with E-state index in [1.165, 1.54) is 4.88 Å².